The number of cyclic esters (lactones) is 1. The molecule has 0 unspecified atom stereocenters. The fraction of sp³-hybridized carbons (Fsp3) is 0.744. The second kappa shape index (κ2) is 19.3. The molecule has 4 aliphatic heterocycles. The van der Waals surface area contributed by atoms with Gasteiger partial charge in [-0.2, -0.15) is 0 Å². The van der Waals surface area contributed by atoms with Crippen LogP contribution in [0.1, 0.15) is 91.4 Å². The molecule has 0 saturated carbocycles. The van der Waals surface area contributed by atoms with Gasteiger partial charge in [-0.3, -0.25) is 19.2 Å². The Labute approximate surface area is 342 Å². The Morgan fingerprint density at radius 1 is 1.03 bits per heavy atom. The maximum absolute atomic E-state index is 14.5. The average molecular weight is 816 g/mol. The summed E-state index contributed by atoms with van der Waals surface area (Å²) < 4.78 is 38.8. The first kappa shape index (κ1) is 45.6. The van der Waals surface area contributed by atoms with Crippen molar-refractivity contribution < 1.29 is 57.5 Å². The monoisotopic (exact) mass is 815 g/mol. The van der Waals surface area contributed by atoms with Crippen LogP contribution in [-0.4, -0.2) is 134 Å². The lowest BCUT2D eigenvalue weighted by atomic mass is 9.70. The van der Waals surface area contributed by atoms with E-state index < -0.39 is 83.4 Å². The van der Waals surface area contributed by atoms with E-state index in [1.54, 1.807) is 45.0 Å². The fourth-order valence-corrected chi connectivity index (χ4v) is 9.44. The highest BCUT2D eigenvalue weighted by Gasteiger charge is 2.57. The zero-order valence-corrected chi connectivity index (χ0v) is 35.8. The third-order valence-electron chi connectivity index (χ3n) is 12.7. The van der Waals surface area contributed by atoms with Crippen LogP contribution in [0.25, 0.3) is 0 Å². The minimum absolute atomic E-state index is 0.0138. The summed E-state index contributed by atoms with van der Waals surface area (Å²) in [6.07, 6.45) is -3.83. The predicted octanol–water partition coefficient (Wildman–Crippen LogP) is 3.94. The van der Waals surface area contributed by atoms with Crippen LogP contribution in [-0.2, 0) is 47.6 Å². The highest BCUT2D eigenvalue weighted by Crippen LogP contribution is 2.46. The lowest BCUT2D eigenvalue weighted by Crippen LogP contribution is -2.60. The van der Waals surface area contributed by atoms with Crippen LogP contribution in [0.5, 0.6) is 0 Å². The Balaban J connectivity index is 1.52. The van der Waals surface area contributed by atoms with Gasteiger partial charge in [-0.05, 0) is 73.2 Å². The number of hydrogen-bond donors (Lipinski definition) is 2. The number of nitrogens with one attached hydrogen (secondary N) is 1. The molecule has 1 aromatic carbocycles. The van der Waals surface area contributed by atoms with Crippen molar-refractivity contribution in [3.05, 3.63) is 35.9 Å². The molecule has 2 bridgehead atoms. The number of nitrogens with zero attached hydrogens (tertiary/aromatic N) is 2. The predicted molar refractivity (Wildman–Crippen MR) is 213 cm³/mol. The van der Waals surface area contributed by atoms with E-state index in [2.05, 4.69) is 10.5 Å². The Kier molecular flexibility index (Phi) is 15.2. The molecule has 4 aliphatic rings. The van der Waals surface area contributed by atoms with Gasteiger partial charge in [0.05, 0.1) is 56.0 Å². The van der Waals surface area contributed by atoms with Crippen molar-refractivity contribution in [1.82, 2.24) is 10.2 Å². The zero-order chi connectivity index (χ0) is 42.5. The Morgan fingerprint density at radius 2 is 1.74 bits per heavy atom. The molecule has 4 saturated heterocycles. The molecular formula is C43H65N3O12. The van der Waals surface area contributed by atoms with Crippen molar-refractivity contribution in [3.63, 3.8) is 0 Å². The summed E-state index contributed by atoms with van der Waals surface area (Å²) in [5.74, 6) is -4.63. The van der Waals surface area contributed by atoms with Crippen LogP contribution < -0.4 is 5.32 Å². The van der Waals surface area contributed by atoms with Crippen LogP contribution in [0.4, 0.5) is 0 Å². The number of carbonyl (C=O) groups is 4. The average Bonchev–Trinajstić information content (AvgIpc) is 3.52. The van der Waals surface area contributed by atoms with E-state index in [1.165, 1.54) is 0 Å². The molecule has 15 heteroatoms. The standard InChI is InChI=1S/C43H65N3O12/c1-11-33-43(8)31(20-34(47)58-43)26(4)35(48)24(2)21-42(7)38(57-41-36(49)32(46(9)10)19-25(3)55-41)27(5)37(28(6)40(51)56-33)52-22-30(23-53-42)45-54-18-17-44-39(50)29-15-13-12-14-16-29/h12-16,24-28,31-33,36-38,41,49H,11,17-23H2,1-10H3,(H,44,50)/b45-30-/t24-,25-,26-,27-,28-,31+,32+,33-,36-,37+,38-,41+,42-,43+/m1/s1. The van der Waals surface area contributed by atoms with Crippen molar-refractivity contribution in [2.24, 2.45) is 34.7 Å². The molecule has 0 spiro atoms. The van der Waals surface area contributed by atoms with Crippen molar-refractivity contribution in [3.8, 4) is 0 Å². The Bertz CT molecular complexity index is 1630. The van der Waals surface area contributed by atoms with E-state index in [0.717, 1.165) is 0 Å². The summed E-state index contributed by atoms with van der Waals surface area (Å²) in [6.45, 7) is 14.7. The minimum atomic E-state index is -1.26. The van der Waals surface area contributed by atoms with Crippen molar-refractivity contribution in [2.45, 2.75) is 135 Å². The topological polar surface area (TPSA) is 181 Å². The van der Waals surface area contributed by atoms with Gasteiger partial charge in [0.25, 0.3) is 5.91 Å². The van der Waals surface area contributed by atoms with Gasteiger partial charge in [0, 0.05) is 35.3 Å². The first-order valence-electron chi connectivity index (χ1n) is 20.8. The lowest BCUT2D eigenvalue weighted by molar-refractivity contribution is -0.302. The second-order valence-corrected chi connectivity index (χ2v) is 17.4. The summed E-state index contributed by atoms with van der Waals surface area (Å²) in [6, 6.07) is 8.57. The third-order valence-corrected chi connectivity index (χ3v) is 12.7. The number of aliphatic hydroxyl groups is 1. The molecule has 4 fully saturated rings. The molecule has 2 N–H and O–H groups in total. The Hall–Kier alpha value is -3.47. The number of Topliss-reactive ketones (excluding diaryl/α,β-unsaturated/α-hetero) is 1. The number of amides is 1. The van der Waals surface area contributed by atoms with Crippen LogP contribution in [0.3, 0.4) is 0 Å². The first-order valence-corrected chi connectivity index (χ1v) is 20.8. The molecule has 14 atom stereocenters. The number of ketones is 1. The third kappa shape index (κ3) is 10.1. The smallest absolute Gasteiger partial charge is 0.311 e. The number of fused-ring (bicyclic) bond motifs is 4. The van der Waals surface area contributed by atoms with Gasteiger partial charge in [0.2, 0.25) is 0 Å². The molecule has 0 radical (unpaired) electrons. The summed E-state index contributed by atoms with van der Waals surface area (Å²) in [5.41, 5.74) is -1.60. The molecule has 324 valence electrons. The van der Waals surface area contributed by atoms with Gasteiger partial charge in [0.1, 0.15) is 35.9 Å². The quantitative estimate of drug-likeness (QED) is 0.208. The van der Waals surface area contributed by atoms with Gasteiger partial charge in [-0.15, -0.1) is 0 Å². The number of oxime groups is 1. The number of carbonyl (C=O) groups excluding carboxylic acids is 4. The van der Waals surface area contributed by atoms with E-state index in [-0.39, 0.29) is 63.0 Å². The van der Waals surface area contributed by atoms with Gasteiger partial charge in [-0.25, -0.2) is 0 Å². The van der Waals surface area contributed by atoms with Crippen LogP contribution in [0.2, 0.25) is 0 Å². The maximum atomic E-state index is 14.5. The van der Waals surface area contributed by atoms with Crippen molar-refractivity contribution in [1.29, 1.82) is 0 Å². The van der Waals surface area contributed by atoms with E-state index in [9.17, 15) is 24.3 Å². The van der Waals surface area contributed by atoms with Gasteiger partial charge in [-0.1, -0.05) is 51.0 Å². The Morgan fingerprint density at radius 3 is 2.41 bits per heavy atom. The highest BCUT2D eigenvalue weighted by atomic mass is 16.7. The number of esters is 2. The highest BCUT2D eigenvalue weighted by molar-refractivity contribution is 5.94. The number of rotatable bonds is 9. The van der Waals surface area contributed by atoms with E-state index in [0.29, 0.717) is 24.1 Å². The van der Waals surface area contributed by atoms with E-state index >= 15 is 0 Å². The van der Waals surface area contributed by atoms with Crippen molar-refractivity contribution >= 4 is 29.3 Å². The first-order chi connectivity index (χ1) is 27.4. The van der Waals surface area contributed by atoms with Crippen LogP contribution in [0, 0.1) is 29.6 Å². The van der Waals surface area contributed by atoms with Gasteiger partial charge >= 0.3 is 11.9 Å². The molecule has 0 aliphatic carbocycles. The number of ether oxygens (including phenoxy) is 6. The molecule has 1 amide bonds. The lowest BCUT2D eigenvalue weighted by Gasteiger charge is -2.48. The number of likely N-dealkylation sites (N-methyl/N-ethyl adjacent to an activating group) is 1. The number of aliphatic hydroxyl groups excluding tert-OH is 1. The van der Waals surface area contributed by atoms with Gasteiger partial charge in [0.15, 0.2) is 6.29 Å². The molecule has 15 nitrogen and oxygen atoms in total. The fourth-order valence-electron chi connectivity index (χ4n) is 9.44. The number of hydrogen-bond acceptors (Lipinski definition) is 14. The van der Waals surface area contributed by atoms with E-state index in [1.807, 2.05) is 59.7 Å². The SMILES string of the molecule is CC[C@H]1OC(=O)[C@H](C)[C@H]2OC/C(=N/OCCNC(=O)c3ccccc3)CO[C@](C)(C[C@@H](C)C(=O)[C@H](C)[C@@H]3CC(=O)O[C@]13C)[C@H](O[C@@H]1O[C@H](C)C[C@H](N(C)C)[C@H]1O)[C@@H]2C. The molecule has 4 heterocycles. The zero-order valence-electron chi connectivity index (χ0n) is 35.8. The second-order valence-electron chi connectivity index (χ2n) is 17.4. The molecule has 1 aromatic rings. The minimum Gasteiger partial charge on any atom is -0.458 e. The molecule has 0 aromatic heterocycles. The molecule has 58 heavy (non-hydrogen) atoms. The largest absolute Gasteiger partial charge is 0.458 e. The van der Waals surface area contributed by atoms with E-state index in [4.69, 9.17) is 33.3 Å². The molecular weight excluding hydrogens is 750 g/mol. The maximum Gasteiger partial charge on any atom is 0.311 e. The van der Waals surface area contributed by atoms with Crippen molar-refractivity contribution in [2.75, 3.05) is 40.5 Å². The molecule has 5 rings (SSSR count). The number of benzene rings is 1. The van der Waals surface area contributed by atoms with Gasteiger partial charge < -0.3 is 48.6 Å². The van der Waals surface area contributed by atoms with Crippen LogP contribution >= 0.6 is 0 Å². The summed E-state index contributed by atoms with van der Waals surface area (Å²) in [4.78, 5) is 61.9. The summed E-state index contributed by atoms with van der Waals surface area (Å²) in [5, 5.41) is 18.8. The summed E-state index contributed by atoms with van der Waals surface area (Å²) in [7, 11) is 3.79. The normalized spacial score (nSPS) is 39.8. The summed E-state index contributed by atoms with van der Waals surface area (Å²) >= 11 is 0. The van der Waals surface area contributed by atoms with Crippen LogP contribution in [0.15, 0.2) is 35.5 Å².